The largest absolute Gasteiger partial charge is 0.573 e. The van der Waals surface area contributed by atoms with Gasteiger partial charge in [-0.2, -0.15) is 5.10 Å². The van der Waals surface area contributed by atoms with E-state index in [1.54, 1.807) is 0 Å². The summed E-state index contributed by atoms with van der Waals surface area (Å²) in [5, 5.41) is 12.7. The van der Waals surface area contributed by atoms with Crippen LogP contribution in [0.2, 0.25) is 0 Å². The summed E-state index contributed by atoms with van der Waals surface area (Å²) < 4.78 is 40.9. The van der Waals surface area contributed by atoms with Crippen molar-refractivity contribution >= 4 is 5.97 Å². The van der Waals surface area contributed by atoms with Crippen LogP contribution in [0.5, 0.6) is 5.75 Å². The molecule has 20 heavy (non-hydrogen) atoms. The molecule has 2 aromatic rings. The number of hydrogen-bond donors (Lipinski definition) is 1. The molecular formula is C12H9F3N2O3. The summed E-state index contributed by atoms with van der Waals surface area (Å²) in [4.78, 5) is 10.9. The van der Waals surface area contributed by atoms with E-state index in [0.717, 1.165) is 12.1 Å². The first kappa shape index (κ1) is 13.9. The van der Waals surface area contributed by atoms with Gasteiger partial charge in [-0.05, 0) is 23.8 Å². The normalized spacial score (nSPS) is 11.3. The molecule has 0 unspecified atom stereocenters. The second-order valence-electron chi connectivity index (χ2n) is 3.87. The number of rotatable bonds is 4. The van der Waals surface area contributed by atoms with Crippen molar-refractivity contribution in [2.75, 3.05) is 0 Å². The van der Waals surface area contributed by atoms with Crippen molar-refractivity contribution in [2.24, 2.45) is 0 Å². The zero-order valence-electron chi connectivity index (χ0n) is 9.96. The van der Waals surface area contributed by atoms with Crippen LogP contribution in [0, 0.1) is 0 Å². The van der Waals surface area contributed by atoms with Gasteiger partial charge in [0.1, 0.15) is 11.4 Å². The van der Waals surface area contributed by atoms with Gasteiger partial charge in [-0.3, -0.25) is 4.68 Å². The lowest BCUT2D eigenvalue weighted by atomic mass is 10.2. The Morgan fingerprint density at radius 2 is 1.90 bits per heavy atom. The van der Waals surface area contributed by atoms with Crippen LogP contribution < -0.4 is 4.74 Å². The zero-order valence-corrected chi connectivity index (χ0v) is 9.96. The third kappa shape index (κ3) is 3.50. The smallest absolute Gasteiger partial charge is 0.477 e. The standard InChI is InChI=1S/C12H9F3N2O3/c13-12(14,15)20-9-3-1-8(2-4-9)7-17-10(11(18)19)5-6-16-17/h1-6H,7H2,(H,18,19). The van der Waals surface area contributed by atoms with E-state index >= 15 is 0 Å². The summed E-state index contributed by atoms with van der Waals surface area (Å²) in [5.41, 5.74) is 0.603. The van der Waals surface area contributed by atoms with Crippen molar-refractivity contribution in [1.29, 1.82) is 0 Å². The van der Waals surface area contributed by atoms with E-state index < -0.39 is 12.3 Å². The van der Waals surface area contributed by atoms with E-state index in [9.17, 15) is 18.0 Å². The Morgan fingerprint density at radius 1 is 1.25 bits per heavy atom. The highest BCUT2D eigenvalue weighted by Crippen LogP contribution is 2.22. The van der Waals surface area contributed by atoms with Crippen molar-refractivity contribution in [3.8, 4) is 5.75 Å². The lowest BCUT2D eigenvalue weighted by Crippen LogP contribution is -2.17. The maximum atomic E-state index is 12.0. The molecule has 1 aromatic heterocycles. The fourth-order valence-electron chi connectivity index (χ4n) is 1.61. The van der Waals surface area contributed by atoms with Gasteiger partial charge in [0.15, 0.2) is 0 Å². The van der Waals surface area contributed by atoms with Crippen molar-refractivity contribution in [3.05, 3.63) is 47.8 Å². The summed E-state index contributed by atoms with van der Waals surface area (Å²) in [6.45, 7) is 0.140. The molecule has 0 aliphatic rings. The number of aromatic nitrogens is 2. The third-order valence-electron chi connectivity index (χ3n) is 2.42. The number of carboxylic acids is 1. The van der Waals surface area contributed by atoms with Gasteiger partial charge in [-0.15, -0.1) is 13.2 Å². The molecule has 0 aliphatic carbocycles. The molecule has 106 valence electrons. The Labute approximate surface area is 111 Å². The number of benzene rings is 1. The van der Waals surface area contributed by atoms with Gasteiger partial charge in [-0.1, -0.05) is 12.1 Å². The number of halogens is 3. The maximum absolute atomic E-state index is 12.0. The zero-order chi connectivity index (χ0) is 14.8. The Bertz CT molecular complexity index is 605. The summed E-state index contributed by atoms with van der Waals surface area (Å²) in [7, 11) is 0. The number of nitrogens with zero attached hydrogens (tertiary/aromatic N) is 2. The van der Waals surface area contributed by atoms with Gasteiger partial charge < -0.3 is 9.84 Å². The summed E-state index contributed by atoms with van der Waals surface area (Å²) >= 11 is 0. The lowest BCUT2D eigenvalue weighted by Gasteiger charge is -2.09. The SMILES string of the molecule is O=C(O)c1ccnn1Cc1ccc(OC(F)(F)F)cc1. The van der Waals surface area contributed by atoms with Gasteiger partial charge in [-0.25, -0.2) is 4.79 Å². The van der Waals surface area contributed by atoms with Crippen LogP contribution in [0.4, 0.5) is 13.2 Å². The predicted molar refractivity (Wildman–Crippen MR) is 61.4 cm³/mol. The number of aromatic carboxylic acids is 1. The molecule has 0 amide bonds. The average Bonchev–Trinajstić information content (AvgIpc) is 2.78. The fourth-order valence-corrected chi connectivity index (χ4v) is 1.61. The second kappa shape index (κ2) is 5.24. The average molecular weight is 286 g/mol. The highest BCUT2D eigenvalue weighted by molar-refractivity contribution is 5.85. The van der Waals surface area contributed by atoms with Gasteiger partial charge in [0.05, 0.1) is 6.54 Å². The minimum absolute atomic E-state index is 0.000572. The molecule has 0 radical (unpaired) electrons. The number of carboxylic acid groups (broad SMARTS) is 1. The minimum atomic E-state index is -4.74. The maximum Gasteiger partial charge on any atom is 0.573 e. The molecule has 2 rings (SSSR count). The summed E-state index contributed by atoms with van der Waals surface area (Å²) in [6, 6.07) is 6.48. The number of hydrogen-bond acceptors (Lipinski definition) is 3. The Kier molecular flexibility index (Phi) is 3.64. The molecular weight excluding hydrogens is 277 g/mol. The van der Waals surface area contributed by atoms with Crippen LogP contribution in [0.3, 0.4) is 0 Å². The van der Waals surface area contributed by atoms with E-state index in [-0.39, 0.29) is 18.0 Å². The van der Waals surface area contributed by atoms with Crippen LogP contribution in [-0.4, -0.2) is 27.2 Å². The Balaban J connectivity index is 2.11. The molecule has 8 heteroatoms. The fraction of sp³-hybridized carbons (Fsp3) is 0.167. The highest BCUT2D eigenvalue weighted by atomic mass is 19.4. The molecule has 1 N–H and O–H groups in total. The Hall–Kier alpha value is -2.51. The molecule has 0 saturated carbocycles. The highest BCUT2D eigenvalue weighted by Gasteiger charge is 2.30. The number of ether oxygens (including phenoxy) is 1. The molecule has 5 nitrogen and oxygen atoms in total. The van der Waals surface area contributed by atoms with Crippen LogP contribution in [0.15, 0.2) is 36.5 Å². The van der Waals surface area contributed by atoms with Gasteiger partial charge in [0.2, 0.25) is 0 Å². The minimum Gasteiger partial charge on any atom is -0.477 e. The van der Waals surface area contributed by atoms with Crippen LogP contribution in [0.1, 0.15) is 16.1 Å². The number of alkyl halides is 3. The van der Waals surface area contributed by atoms with Gasteiger partial charge in [0, 0.05) is 6.20 Å². The monoisotopic (exact) mass is 286 g/mol. The van der Waals surface area contributed by atoms with E-state index in [1.165, 1.54) is 29.1 Å². The molecule has 0 fully saturated rings. The molecule has 0 spiro atoms. The van der Waals surface area contributed by atoms with Crippen molar-refractivity contribution in [1.82, 2.24) is 9.78 Å². The van der Waals surface area contributed by atoms with Crippen LogP contribution >= 0.6 is 0 Å². The topological polar surface area (TPSA) is 64.3 Å². The van der Waals surface area contributed by atoms with Crippen molar-refractivity contribution < 1.29 is 27.8 Å². The summed E-state index contributed by atoms with van der Waals surface area (Å²) in [5.74, 6) is -1.46. The van der Waals surface area contributed by atoms with Crippen LogP contribution in [-0.2, 0) is 6.54 Å². The van der Waals surface area contributed by atoms with Crippen molar-refractivity contribution in [2.45, 2.75) is 12.9 Å². The summed E-state index contributed by atoms with van der Waals surface area (Å²) in [6.07, 6.45) is -3.40. The molecule has 0 bridgehead atoms. The van der Waals surface area contributed by atoms with Gasteiger partial charge in [0.25, 0.3) is 0 Å². The van der Waals surface area contributed by atoms with Crippen LogP contribution in [0.25, 0.3) is 0 Å². The molecule has 1 heterocycles. The van der Waals surface area contributed by atoms with Gasteiger partial charge >= 0.3 is 12.3 Å². The molecule has 0 aliphatic heterocycles. The van der Waals surface area contributed by atoms with E-state index in [0.29, 0.717) is 5.56 Å². The lowest BCUT2D eigenvalue weighted by molar-refractivity contribution is -0.274. The van der Waals surface area contributed by atoms with E-state index in [1.807, 2.05) is 0 Å². The first-order valence-electron chi connectivity index (χ1n) is 5.45. The molecule has 0 saturated heterocycles. The Morgan fingerprint density at radius 3 is 2.45 bits per heavy atom. The first-order valence-corrected chi connectivity index (χ1v) is 5.45. The van der Waals surface area contributed by atoms with Crippen molar-refractivity contribution in [3.63, 3.8) is 0 Å². The predicted octanol–water partition coefficient (Wildman–Crippen LogP) is 2.53. The third-order valence-corrected chi connectivity index (χ3v) is 2.42. The first-order chi connectivity index (χ1) is 9.35. The molecule has 1 aromatic carbocycles. The number of carbonyl (C=O) groups is 1. The van der Waals surface area contributed by atoms with E-state index in [4.69, 9.17) is 5.11 Å². The molecule has 0 atom stereocenters. The van der Waals surface area contributed by atoms with E-state index in [2.05, 4.69) is 9.84 Å². The quantitative estimate of drug-likeness (QED) is 0.938. The second-order valence-corrected chi connectivity index (χ2v) is 3.87.